The van der Waals surface area contributed by atoms with Gasteiger partial charge in [0.15, 0.2) is 0 Å². The molecule has 2 aliphatic rings. The first-order chi connectivity index (χ1) is 6.35. The number of fused-ring (bicyclic) bond motifs is 1. The van der Waals surface area contributed by atoms with E-state index in [4.69, 9.17) is 21.1 Å². The molecule has 0 N–H and O–H groups in total. The van der Waals surface area contributed by atoms with E-state index in [1.165, 1.54) is 19.3 Å². The van der Waals surface area contributed by atoms with Crippen LogP contribution in [-0.2, 0) is 9.47 Å². The largest absolute Gasteiger partial charge is 0.359 e. The quantitative estimate of drug-likeness (QED) is 0.506. The van der Waals surface area contributed by atoms with Gasteiger partial charge < -0.3 is 9.47 Å². The highest BCUT2D eigenvalue weighted by atomic mass is 35.5. The van der Waals surface area contributed by atoms with Crippen LogP contribution < -0.4 is 0 Å². The highest BCUT2D eigenvalue weighted by Crippen LogP contribution is 2.64. The zero-order valence-electron chi connectivity index (χ0n) is 8.09. The molecule has 0 radical (unpaired) electrons. The van der Waals surface area contributed by atoms with Gasteiger partial charge in [0.05, 0.1) is 5.60 Å². The fourth-order valence-electron chi connectivity index (χ4n) is 3.00. The average molecular weight is 205 g/mol. The number of hydrogen-bond acceptors (Lipinski definition) is 2. The maximum Gasteiger partial charge on any atom is 0.147 e. The van der Waals surface area contributed by atoms with E-state index in [0.717, 1.165) is 18.3 Å². The van der Waals surface area contributed by atoms with Crippen molar-refractivity contribution in [2.24, 2.45) is 11.8 Å². The number of alkyl halides is 1. The molecule has 0 saturated heterocycles. The summed E-state index contributed by atoms with van der Waals surface area (Å²) in [5, 5.41) is 0. The molecule has 2 aliphatic carbocycles. The lowest BCUT2D eigenvalue weighted by Gasteiger charge is -2.20. The first kappa shape index (κ1) is 9.75. The predicted molar refractivity (Wildman–Crippen MR) is 51.9 cm³/mol. The molecule has 76 valence electrons. The molecule has 2 nitrogen and oxygen atoms in total. The molecule has 2 saturated carbocycles. The molecule has 0 spiro atoms. The minimum Gasteiger partial charge on any atom is -0.359 e. The highest BCUT2D eigenvalue weighted by molar-refractivity contribution is 6.17. The Balaban J connectivity index is 1.91. The minimum atomic E-state index is 0.107. The Morgan fingerprint density at radius 2 is 2.08 bits per heavy atom. The third kappa shape index (κ3) is 1.49. The van der Waals surface area contributed by atoms with Gasteiger partial charge in [-0.2, -0.15) is 0 Å². The van der Waals surface area contributed by atoms with Gasteiger partial charge in [-0.15, -0.1) is 11.6 Å². The van der Waals surface area contributed by atoms with Crippen LogP contribution >= 0.6 is 11.6 Å². The summed E-state index contributed by atoms with van der Waals surface area (Å²) in [5.74, 6) is 2.26. The van der Waals surface area contributed by atoms with Gasteiger partial charge in [0.1, 0.15) is 6.79 Å². The third-order valence-electron chi connectivity index (χ3n) is 3.59. The van der Waals surface area contributed by atoms with Crippen molar-refractivity contribution in [1.82, 2.24) is 0 Å². The maximum atomic E-state index is 5.80. The molecular formula is C10H17ClO2. The number of methoxy groups -OCH3 is 1. The third-order valence-corrected chi connectivity index (χ3v) is 3.78. The van der Waals surface area contributed by atoms with Gasteiger partial charge in [-0.1, -0.05) is 6.42 Å². The van der Waals surface area contributed by atoms with Gasteiger partial charge in [0, 0.05) is 13.0 Å². The Labute approximate surface area is 84.5 Å². The summed E-state index contributed by atoms with van der Waals surface area (Å²) in [4.78, 5) is 0. The van der Waals surface area contributed by atoms with Crippen molar-refractivity contribution in [3.05, 3.63) is 0 Å². The molecule has 0 aromatic heterocycles. The second-order valence-electron chi connectivity index (χ2n) is 4.09. The molecule has 0 aliphatic heterocycles. The molecule has 13 heavy (non-hydrogen) atoms. The monoisotopic (exact) mass is 204 g/mol. The van der Waals surface area contributed by atoms with E-state index < -0.39 is 0 Å². The van der Waals surface area contributed by atoms with Crippen molar-refractivity contribution in [3.63, 3.8) is 0 Å². The van der Waals surface area contributed by atoms with E-state index in [1.807, 2.05) is 0 Å². The second kappa shape index (κ2) is 3.76. The lowest BCUT2D eigenvalue weighted by Crippen LogP contribution is -2.23. The van der Waals surface area contributed by atoms with E-state index in [0.29, 0.717) is 12.7 Å². The van der Waals surface area contributed by atoms with Gasteiger partial charge in [0.25, 0.3) is 0 Å². The molecule has 0 amide bonds. The van der Waals surface area contributed by atoms with Crippen molar-refractivity contribution in [1.29, 1.82) is 0 Å². The van der Waals surface area contributed by atoms with Crippen LogP contribution in [0.5, 0.6) is 0 Å². The van der Waals surface area contributed by atoms with Crippen molar-refractivity contribution >= 4 is 11.6 Å². The van der Waals surface area contributed by atoms with Gasteiger partial charge in [-0.25, -0.2) is 0 Å². The van der Waals surface area contributed by atoms with Gasteiger partial charge in [0.2, 0.25) is 0 Å². The highest BCUT2D eigenvalue weighted by Gasteiger charge is 2.66. The zero-order chi connectivity index (χ0) is 9.31. The zero-order valence-corrected chi connectivity index (χ0v) is 8.85. The van der Waals surface area contributed by atoms with E-state index >= 15 is 0 Å². The topological polar surface area (TPSA) is 18.5 Å². The van der Waals surface area contributed by atoms with Crippen molar-refractivity contribution in [3.8, 4) is 0 Å². The van der Waals surface area contributed by atoms with Crippen LogP contribution in [-0.4, -0.2) is 25.4 Å². The van der Waals surface area contributed by atoms with E-state index in [-0.39, 0.29) is 5.60 Å². The summed E-state index contributed by atoms with van der Waals surface area (Å²) in [6.45, 7) is 0.421. The summed E-state index contributed by atoms with van der Waals surface area (Å²) in [5.41, 5.74) is 0.107. The first-order valence-corrected chi connectivity index (χ1v) is 5.57. The number of hydrogen-bond donors (Lipinski definition) is 0. The molecule has 0 aromatic rings. The lowest BCUT2D eigenvalue weighted by atomic mass is 10.1. The predicted octanol–water partition coefficient (Wildman–Crippen LogP) is 2.40. The van der Waals surface area contributed by atoms with Crippen LogP contribution in [0.1, 0.15) is 25.7 Å². The summed E-state index contributed by atoms with van der Waals surface area (Å²) in [7, 11) is 1.67. The van der Waals surface area contributed by atoms with Crippen LogP contribution in [0, 0.1) is 11.8 Å². The summed E-state index contributed by atoms with van der Waals surface area (Å²) < 4.78 is 10.8. The number of halogens is 1. The molecule has 0 bridgehead atoms. The van der Waals surface area contributed by atoms with Gasteiger partial charge in [-0.3, -0.25) is 0 Å². The van der Waals surface area contributed by atoms with Crippen molar-refractivity contribution < 1.29 is 9.47 Å². The van der Waals surface area contributed by atoms with Gasteiger partial charge >= 0.3 is 0 Å². The fraction of sp³-hybridized carbons (Fsp3) is 1.00. The maximum absolute atomic E-state index is 5.80. The summed E-state index contributed by atoms with van der Waals surface area (Å²) in [6, 6.07) is 0. The standard InChI is InChI=1S/C10H17ClO2/c1-12-7-13-10(5-6-11)8-3-2-4-9(8)10/h8-9H,2-7H2,1H3/t8-,9+,10?. The van der Waals surface area contributed by atoms with Crippen LogP contribution in [0.2, 0.25) is 0 Å². The molecular weight excluding hydrogens is 188 g/mol. The molecule has 0 aromatic carbocycles. The molecule has 3 heteroatoms. The summed E-state index contributed by atoms with van der Waals surface area (Å²) >= 11 is 5.80. The van der Waals surface area contributed by atoms with E-state index in [9.17, 15) is 0 Å². The number of ether oxygens (including phenoxy) is 2. The Hall–Kier alpha value is 0.210. The molecule has 1 unspecified atom stereocenters. The fourth-order valence-corrected chi connectivity index (χ4v) is 3.29. The Bertz CT molecular complexity index is 174. The lowest BCUT2D eigenvalue weighted by molar-refractivity contribution is -0.100. The Morgan fingerprint density at radius 1 is 1.38 bits per heavy atom. The van der Waals surface area contributed by atoms with E-state index in [1.54, 1.807) is 7.11 Å². The van der Waals surface area contributed by atoms with E-state index in [2.05, 4.69) is 0 Å². The molecule has 2 rings (SSSR count). The minimum absolute atomic E-state index is 0.107. The van der Waals surface area contributed by atoms with Crippen LogP contribution in [0.25, 0.3) is 0 Å². The van der Waals surface area contributed by atoms with Gasteiger partial charge in [-0.05, 0) is 31.1 Å². The van der Waals surface area contributed by atoms with Crippen molar-refractivity contribution in [2.75, 3.05) is 19.8 Å². The van der Waals surface area contributed by atoms with Crippen LogP contribution in [0.15, 0.2) is 0 Å². The Morgan fingerprint density at radius 3 is 2.62 bits per heavy atom. The smallest absolute Gasteiger partial charge is 0.147 e. The Kier molecular flexibility index (Phi) is 2.82. The van der Waals surface area contributed by atoms with Crippen LogP contribution in [0.3, 0.4) is 0 Å². The number of rotatable bonds is 5. The van der Waals surface area contributed by atoms with Crippen LogP contribution in [0.4, 0.5) is 0 Å². The second-order valence-corrected chi connectivity index (χ2v) is 4.47. The first-order valence-electron chi connectivity index (χ1n) is 5.04. The molecule has 0 heterocycles. The average Bonchev–Trinajstić information content (AvgIpc) is 2.55. The summed E-state index contributed by atoms with van der Waals surface area (Å²) in [6.07, 6.45) is 5.01. The van der Waals surface area contributed by atoms with Crippen molar-refractivity contribution in [2.45, 2.75) is 31.3 Å². The molecule has 2 fully saturated rings. The normalized spacial score (nSPS) is 42.0. The SMILES string of the molecule is COCOC1(CCCl)[C@@H]2CCC[C@@H]21. The molecule has 3 atom stereocenters.